The van der Waals surface area contributed by atoms with E-state index < -0.39 is 5.41 Å². The minimum atomic E-state index is -0.693. The van der Waals surface area contributed by atoms with Gasteiger partial charge >= 0.3 is 5.97 Å². The fourth-order valence-corrected chi connectivity index (χ4v) is 3.97. The lowest BCUT2D eigenvalue weighted by Crippen LogP contribution is -2.33. The van der Waals surface area contributed by atoms with Gasteiger partial charge in [-0.2, -0.15) is 0 Å². The Morgan fingerprint density at radius 3 is 2.71 bits per heavy atom. The number of methoxy groups -OCH3 is 1. The van der Waals surface area contributed by atoms with E-state index >= 15 is 0 Å². The molecule has 0 aliphatic heterocycles. The van der Waals surface area contributed by atoms with Crippen molar-refractivity contribution in [1.82, 2.24) is 0 Å². The van der Waals surface area contributed by atoms with Crippen molar-refractivity contribution in [1.29, 1.82) is 0 Å². The number of ether oxygens (including phenoxy) is 1. The highest BCUT2D eigenvalue weighted by Crippen LogP contribution is 2.46. The first-order valence-electron chi connectivity index (χ1n) is 8.25. The molecule has 4 nitrogen and oxygen atoms in total. The van der Waals surface area contributed by atoms with Crippen molar-refractivity contribution >= 4 is 33.5 Å². The van der Waals surface area contributed by atoms with Crippen molar-refractivity contribution in [2.45, 2.75) is 46.0 Å². The number of ketones is 2. The number of esters is 1. The highest BCUT2D eigenvalue weighted by Gasteiger charge is 2.46. The quantitative estimate of drug-likeness (QED) is 0.652. The standard InChI is InChI=1S/C19H23BrO4/c1-4-16(21)12(2)10-19(8-7-17(22)24-3)11-13-5-6-14(20)9-15(13)18(19)23/h5-6,9,12H,4,7-8,10-11H2,1-3H3. The number of carbonyl (C=O) groups is 3. The zero-order valence-corrected chi connectivity index (χ0v) is 15.9. The summed E-state index contributed by atoms with van der Waals surface area (Å²) in [6, 6.07) is 5.70. The first-order chi connectivity index (χ1) is 11.3. The molecule has 0 heterocycles. The van der Waals surface area contributed by atoms with Gasteiger partial charge in [0.05, 0.1) is 7.11 Å². The monoisotopic (exact) mass is 394 g/mol. The second-order valence-electron chi connectivity index (χ2n) is 6.59. The van der Waals surface area contributed by atoms with Crippen molar-refractivity contribution in [3.8, 4) is 0 Å². The first kappa shape index (κ1) is 18.8. The van der Waals surface area contributed by atoms with Crippen LogP contribution in [0.4, 0.5) is 0 Å². The van der Waals surface area contributed by atoms with Crippen LogP contribution in [0.25, 0.3) is 0 Å². The van der Waals surface area contributed by atoms with E-state index in [9.17, 15) is 14.4 Å². The lowest BCUT2D eigenvalue weighted by Gasteiger charge is -2.29. The smallest absolute Gasteiger partial charge is 0.305 e. The zero-order chi connectivity index (χ0) is 17.9. The van der Waals surface area contributed by atoms with Gasteiger partial charge in [0.1, 0.15) is 5.78 Å². The van der Waals surface area contributed by atoms with Crippen LogP contribution in [0.5, 0.6) is 0 Å². The van der Waals surface area contributed by atoms with Crippen LogP contribution in [0.15, 0.2) is 22.7 Å². The molecule has 24 heavy (non-hydrogen) atoms. The number of rotatable bonds is 7. The number of carbonyl (C=O) groups excluding carboxylic acids is 3. The minimum Gasteiger partial charge on any atom is -0.469 e. The molecule has 0 amide bonds. The Hall–Kier alpha value is -1.49. The third kappa shape index (κ3) is 3.77. The SMILES string of the molecule is CCC(=O)C(C)CC1(CCC(=O)OC)Cc2ccc(Br)cc2C1=O. The molecule has 2 unspecified atom stereocenters. The third-order valence-corrected chi connectivity index (χ3v) is 5.45. The Kier molecular flexibility index (Phi) is 5.97. The van der Waals surface area contributed by atoms with Gasteiger partial charge in [-0.05, 0) is 37.0 Å². The van der Waals surface area contributed by atoms with Crippen LogP contribution >= 0.6 is 15.9 Å². The number of Topliss-reactive ketones (excluding diaryl/α,β-unsaturated/α-hetero) is 2. The lowest BCUT2D eigenvalue weighted by atomic mass is 9.72. The van der Waals surface area contributed by atoms with Gasteiger partial charge in [0.25, 0.3) is 0 Å². The Labute approximate surface area is 151 Å². The summed E-state index contributed by atoms with van der Waals surface area (Å²) < 4.78 is 5.59. The van der Waals surface area contributed by atoms with E-state index in [4.69, 9.17) is 4.74 Å². The molecule has 0 radical (unpaired) electrons. The molecule has 2 atom stereocenters. The van der Waals surface area contributed by atoms with Crippen LogP contribution in [0.3, 0.4) is 0 Å². The second-order valence-corrected chi connectivity index (χ2v) is 7.50. The van der Waals surface area contributed by atoms with Crippen LogP contribution in [0, 0.1) is 11.3 Å². The topological polar surface area (TPSA) is 60.4 Å². The molecule has 0 spiro atoms. The summed E-state index contributed by atoms with van der Waals surface area (Å²) in [7, 11) is 1.35. The molecular formula is C19H23BrO4. The fourth-order valence-electron chi connectivity index (χ4n) is 3.61. The van der Waals surface area contributed by atoms with E-state index in [2.05, 4.69) is 15.9 Å². The predicted octanol–water partition coefficient (Wildman–Crippen LogP) is 4.13. The maximum atomic E-state index is 13.1. The Bertz CT molecular complexity index is 667. The Balaban J connectivity index is 2.32. The second kappa shape index (κ2) is 7.60. The number of fused-ring (bicyclic) bond motifs is 1. The van der Waals surface area contributed by atoms with Gasteiger partial charge in [-0.15, -0.1) is 0 Å². The van der Waals surface area contributed by atoms with E-state index in [0.717, 1.165) is 10.0 Å². The lowest BCUT2D eigenvalue weighted by molar-refractivity contribution is -0.141. The summed E-state index contributed by atoms with van der Waals surface area (Å²) in [6.07, 6.45) is 2.10. The van der Waals surface area contributed by atoms with Gasteiger partial charge in [0.15, 0.2) is 5.78 Å². The van der Waals surface area contributed by atoms with E-state index in [1.807, 2.05) is 32.0 Å². The molecule has 1 aliphatic carbocycles. The molecule has 0 aromatic heterocycles. The van der Waals surface area contributed by atoms with Crippen LogP contribution in [0.1, 0.15) is 55.5 Å². The molecule has 0 saturated heterocycles. The van der Waals surface area contributed by atoms with Crippen LogP contribution in [-0.4, -0.2) is 24.6 Å². The van der Waals surface area contributed by atoms with Crippen molar-refractivity contribution in [3.05, 3.63) is 33.8 Å². The van der Waals surface area contributed by atoms with Gasteiger partial charge in [0, 0.05) is 34.2 Å². The summed E-state index contributed by atoms with van der Waals surface area (Å²) >= 11 is 3.41. The minimum absolute atomic E-state index is 0.0402. The first-order valence-corrected chi connectivity index (χ1v) is 9.05. The maximum Gasteiger partial charge on any atom is 0.305 e. The average Bonchev–Trinajstić information content (AvgIpc) is 2.84. The van der Waals surface area contributed by atoms with E-state index in [1.54, 1.807) is 0 Å². The van der Waals surface area contributed by atoms with Crippen molar-refractivity contribution in [2.75, 3.05) is 7.11 Å². The molecule has 1 aromatic rings. The molecular weight excluding hydrogens is 372 g/mol. The Morgan fingerprint density at radius 2 is 2.08 bits per heavy atom. The molecule has 0 saturated carbocycles. The normalized spacial score (nSPS) is 20.6. The molecule has 2 rings (SSSR count). The molecule has 1 aromatic carbocycles. The van der Waals surface area contributed by atoms with Crippen molar-refractivity contribution in [2.24, 2.45) is 11.3 Å². The Morgan fingerprint density at radius 1 is 1.38 bits per heavy atom. The molecule has 0 N–H and O–H groups in total. The average molecular weight is 395 g/mol. The van der Waals surface area contributed by atoms with Crippen LogP contribution in [-0.2, 0) is 20.7 Å². The van der Waals surface area contributed by atoms with E-state index in [-0.39, 0.29) is 29.9 Å². The van der Waals surface area contributed by atoms with Crippen molar-refractivity contribution in [3.63, 3.8) is 0 Å². The van der Waals surface area contributed by atoms with Gasteiger partial charge in [-0.3, -0.25) is 14.4 Å². The summed E-state index contributed by atoms with van der Waals surface area (Å²) in [5.41, 5.74) is 0.997. The fraction of sp³-hybridized carbons (Fsp3) is 0.526. The molecule has 1 aliphatic rings. The summed E-state index contributed by atoms with van der Waals surface area (Å²) in [5, 5.41) is 0. The number of hydrogen-bond acceptors (Lipinski definition) is 4. The largest absolute Gasteiger partial charge is 0.469 e. The summed E-state index contributed by atoms with van der Waals surface area (Å²) in [6.45, 7) is 3.71. The van der Waals surface area contributed by atoms with E-state index in [1.165, 1.54) is 7.11 Å². The molecule has 0 bridgehead atoms. The van der Waals surface area contributed by atoms with Crippen LogP contribution < -0.4 is 0 Å². The zero-order valence-electron chi connectivity index (χ0n) is 14.4. The molecule has 130 valence electrons. The van der Waals surface area contributed by atoms with Gasteiger partial charge in [0.2, 0.25) is 0 Å². The van der Waals surface area contributed by atoms with Gasteiger partial charge in [-0.1, -0.05) is 35.8 Å². The number of benzene rings is 1. The maximum absolute atomic E-state index is 13.1. The van der Waals surface area contributed by atoms with Crippen molar-refractivity contribution < 1.29 is 19.1 Å². The summed E-state index contributed by atoms with van der Waals surface area (Å²) in [5.74, 6) is -0.334. The summed E-state index contributed by atoms with van der Waals surface area (Å²) in [4.78, 5) is 36.8. The van der Waals surface area contributed by atoms with Gasteiger partial charge < -0.3 is 4.74 Å². The molecule has 0 fully saturated rings. The highest BCUT2D eigenvalue weighted by molar-refractivity contribution is 9.10. The number of hydrogen-bond donors (Lipinski definition) is 0. The van der Waals surface area contributed by atoms with Crippen LogP contribution in [0.2, 0.25) is 0 Å². The third-order valence-electron chi connectivity index (χ3n) is 4.96. The van der Waals surface area contributed by atoms with E-state index in [0.29, 0.717) is 31.2 Å². The van der Waals surface area contributed by atoms with Gasteiger partial charge in [-0.25, -0.2) is 0 Å². The molecule has 5 heteroatoms. The predicted molar refractivity (Wildman–Crippen MR) is 94.9 cm³/mol. The highest BCUT2D eigenvalue weighted by atomic mass is 79.9. The number of halogens is 1.